The van der Waals surface area contributed by atoms with Crippen molar-refractivity contribution in [3.05, 3.63) is 88.6 Å². The molecule has 140 valence electrons. The number of carbonyl (C=O) groups is 1. The van der Waals surface area contributed by atoms with Gasteiger partial charge in [-0.15, -0.1) is 0 Å². The van der Waals surface area contributed by atoms with E-state index in [9.17, 15) is 9.59 Å². The van der Waals surface area contributed by atoms with Crippen molar-refractivity contribution < 1.29 is 4.79 Å². The van der Waals surface area contributed by atoms with Gasteiger partial charge in [0.2, 0.25) is 0 Å². The van der Waals surface area contributed by atoms with E-state index in [1.165, 1.54) is 10.7 Å². The summed E-state index contributed by atoms with van der Waals surface area (Å²) >= 11 is 0. The van der Waals surface area contributed by atoms with E-state index >= 15 is 0 Å². The molecule has 0 atom stereocenters. The number of imidazole rings is 1. The van der Waals surface area contributed by atoms with Crippen molar-refractivity contribution in [1.82, 2.24) is 24.5 Å². The van der Waals surface area contributed by atoms with Crippen LogP contribution in [-0.2, 0) is 6.54 Å². The van der Waals surface area contributed by atoms with Gasteiger partial charge in [0.15, 0.2) is 0 Å². The number of nitrogens with zero attached hydrogens (tertiary/aromatic N) is 4. The average molecular weight is 373 g/mol. The lowest BCUT2D eigenvalue weighted by Gasteiger charge is -2.08. The molecular weight excluding hydrogens is 354 g/mol. The van der Waals surface area contributed by atoms with Crippen LogP contribution in [0.3, 0.4) is 0 Å². The highest BCUT2D eigenvalue weighted by atomic mass is 16.2. The van der Waals surface area contributed by atoms with Crippen LogP contribution in [0.15, 0.2) is 71.7 Å². The Hall–Kier alpha value is -3.74. The van der Waals surface area contributed by atoms with Gasteiger partial charge in [-0.2, -0.15) is 5.10 Å². The van der Waals surface area contributed by atoms with Crippen molar-refractivity contribution in [2.45, 2.75) is 13.5 Å². The maximum absolute atomic E-state index is 12.5. The van der Waals surface area contributed by atoms with Crippen molar-refractivity contribution in [3.8, 4) is 11.3 Å². The number of amides is 1. The van der Waals surface area contributed by atoms with E-state index in [0.29, 0.717) is 11.4 Å². The van der Waals surface area contributed by atoms with Crippen LogP contribution in [0.5, 0.6) is 0 Å². The van der Waals surface area contributed by atoms with Gasteiger partial charge in [-0.05, 0) is 25.1 Å². The zero-order valence-corrected chi connectivity index (χ0v) is 15.4. The summed E-state index contributed by atoms with van der Waals surface area (Å²) in [5.41, 5.74) is 3.30. The SMILES string of the molecule is Cc1c(C(=O)NCCn2nc(-c3ccccc3)ccc2=O)nc2ccccn12. The molecule has 28 heavy (non-hydrogen) atoms. The fraction of sp³-hybridized carbons (Fsp3) is 0.143. The molecule has 1 amide bonds. The van der Waals surface area contributed by atoms with Crippen molar-refractivity contribution in [2.75, 3.05) is 6.54 Å². The third-order valence-corrected chi connectivity index (χ3v) is 4.53. The van der Waals surface area contributed by atoms with Crippen LogP contribution >= 0.6 is 0 Å². The molecule has 0 saturated heterocycles. The second-order valence-corrected chi connectivity index (χ2v) is 6.38. The predicted octanol–water partition coefficient (Wildman–Crippen LogP) is 2.30. The molecular formula is C21H19N5O2. The average Bonchev–Trinajstić information content (AvgIpc) is 3.07. The van der Waals surface area contributed by atoms with Crippen molar-refractivity contribution in [1.29, 1.82) is 0 Å². The maximum Gasteiger partial charge on any atom is 0.271 e. The number of aryl methyl sites for hydroxylation is 1. The number of nitrogens with one attached hydrogen (secondary N) is 1. The molecule has 7 nitrogen and oxygen atoms in total. The minimum atomic E-state index is -0.270. The van der Waals surface area contributed by atoms with Gasteiger partial charge in [0, 0.05) is 24.4 Å². The quantitative estimate of drug-likeness (QED) is 0.582. The fourth-order valence-corrected chi connectivity index (χ4v) is 3.06. The molecule has 0 aliphatic heterocycles. The molecule has 3 aromatic heterocycles. The molecule has 3 heterocycles. The van der Waals surface area contributed by atoms with E-state index in [4.69, 9.17) is 0 Å². The molecule has 0 spiro atoms. The summed E-state index contributed by atoms with van der Waals surface area (Å²) in [6.45, 7) is 2.40. The summed E-state index contributed by atoms with van der Waals surface area (Å²) in [5, 5.41) is 7.22. The lowest BCUT2D eigenvalue weighted by molar-refractivity contribution is 0.0946. The van der Waals surface area contributed by atoms with E-state index < -0.39 is 0 Å². The van der Waals surface area contributed by atoms with E-state index in [1.54, 1.807) is 6.07 Å². The van der Waals surface area contributed by atoms with E-state index in [-0.39, 0.29) is 24.6 Å². The minimum Gasteiger partial charge on any atom is -0.349 e. The van der Waals surface area contributed by atoms with E-state index in [0.717, 1.165) is 16.9 Å². The Kier molecular flexibility index (Phi) is 4.72. The summed E-state index contributed by atoms with van der Waals surface area (Å²) in [6, 6.07) is 18.4. The second-order valence-electron chi connectivity index (χ2n) is 6.38. The van der Waals surface area contributed by atoms with Crippen LogP contribution in [0.25, 0.3) is 16.9 Å². The molecule has 0 unspecified atom stereocenters. The Bertz CT molecular complexity index is 1190. The highest BCUT2D eigenvalue weighted by molar-refractivity contribution is 5.94. The second kappa shape index (κ2) is 7.48. The van der Waals surface area contributed by atoms with Crippen LogP contribution < -0.4 is 10.9 Å². The summed E-state index contributed by atoms with van der Waals surface area (Å²) in [7, 11) is 0. The minimum absolute atomic E-state index is 0.210. The predicted molar refractivity (Wildman–Crippen MR) is 106 cm³/mol. The number of rotatable bonds is 5. The molecule has 0 saturated carbocycles. The third kappa shape index (κ3) is 3.42. The van der Waals surface area contributed by atoms with Gasteiger partial charge in [0.25, 0.3) is 11.5 Å². The molecule has 0 aliphatic carbocycles. The standard InChI is InChI=1S/C21H19N5O2/c1-15-20(23-18-9-5-6-13-25(15)18)21(28)22-12-14-26-19(27)11-10-17(24-26)16-7-3-2-4-8-16/h2-11,13H,12,14H2,1H3,(H,22,28). The molecule has 0 radical (unpaired) electrons. The number of aromatic nitrogens is 4. The molecule has 1 aromatic carbocycles. The summed E-state index contributed by atoms with van der Waals surface area (Å²) in [4.78, 5) is 29.0. The van der Waals surface area contributed by atoms with Crippen molar-refractivity contribution >= 4 is 11.6 Å². The van der Waals surface area contributed by atoms with Gasteiger partial charge in [-0.1, -0.05) is 36.4 Å². The number of pyridine rings is 1. The van der Waals surface area contributed by atoms with Gasteiger partial charge in [0.1, 0.15) is 11.3 Å². The van der Waals surface area contributed by atoms with Crippen LogP contribution in [-0.4, -0.2) is 31.6 Å². The largest absolute Gasteiger partial charge is 0.349 e. The first-order valence-corrected chi connectivity index (χ1v) is 8.99. The summed E-state index contributed by atoms with van der Waals surface area (Å²) in [6.07, 6.45) is 1.87. The Morgan fingerprint density at radius 2 is 1.82 bits per heavy atom. The van der Waals surface area contributed by atoms with Gasteiger partial charge in [0.05, 0.1) is 17.9 Å². The molecule has 1 N–H and O–H groups in total. The molecule has 4 rings (SSSR count). The Labute approximate surface area is 161 Å². The third-order valence-electron chi connectivity index (χ3n) is 4.53. The van der Waals surface area contributed by atoms with Crippen molar-refractivity contribution in [2.24, 2.45) is 0 Å². The van der Waals surface area contributed by atoms with E-state index in [2.05, 4.69) is 15.4 Å². The number of fused-ring (bicyclic) bond motifs is 1. The zero-order chi connectivity index (χ0) is 19.5. The van der Waals surface area contributed by atoms with E-state index in [1.807, 2.05) is 66.1 Å². The fourth-order valence-electron chi connectivity index (χ4n) is 3.06. The molecule has 7 heteroatoms. The number of hydrogen-bond donors (Lipinski definition) is 1. The normalized spacial score (nSPS) is 10.9. The first-order chi connectivity index (χ1) is 13.6. The number of carbonyl (C=O) groups excluding carboxylic acids is 1. The van der Waals surface area contributed by atoms with Gasteiger partial charge in [-0.25, -0.2) is 9.67 Å². The smallest absolute Gasteiger partial charge is 0.271 e. The Morgan fingerprint density at radius 3 is 2.61 bits per heavy atom. The highest BCUT2D eigenvalue weighted by Gasteiger charge is 2.15. The van der Waals surface area contributed by atoms with Gasteiger partial charge < -0.3 is 9.72 Å². The van der Waals surface area contributed by atoms with Gasteiger partial charge >= 0.3 is 0 Å². The summed E-state index contributed by atoms with van der Waals surface area (Å²) < 4.78 is 3.23. The lowest BCUT2D eigenvalue weighted by atomic mass is 10.1. The maximum atomic E-state index is 12.5. The van der Waals surface area contributed by atoms with Gasteiger partial charge in [-0.3, -0.25) is 9.59 Å². The Morgan fingerprint density at radius 1 is 1.04 bits per heavy atom. The topological polar surface area (TPSA) is 81.3 Å². The Balaban J connectivity index is 1.47. The molecule has 0 fully saturated rings. The molecule has 0 aliphatic rings. The highest BCUT2D eigenvalue weighted by Crippen LogP contribution is 2.14. The van der Waals surface area contributed by atoms with Crippen LogP contribution in [0.2, 0.25) is 0 Å². The van der Waals surface area contributed by atoms with Crippen molar-refractivity contribution in [3.63, 3.8) is 0 Å². The first-order valence-electron chi connectivity index (χ1n) is 8.99. The number of benzene rings is 1. The molecule has 0 bridgehead atoms. The summed E-state index contributed by atoms with van der Waals surface area (Å²) in [5.74, 6) is -0.270. The van der Waals surface area contributed by atoms with Crippen LogP contribution in [0, 0.1) is 6.92 Å². The molecule has 4 aromatic rings. The van der Waals surface area contributed by atoms with Crippen LogP contribution in [0.1, 0.15) is 16.2 Å². The monoisotopic (exact) mass is 373 g/mol. The van der Waals surface area contributed by atoms with Crippen LogP contribution in [0.4, 0.5) is 0 Å². The first kappa shape index (κ1) is 17.7. The lowest BCUT2D eigenvalue weighted by Crippen LogP contribution is -2.32. The number of hydrogen-bond acceptors (Lipinski definition) is 4. The zero-order valence-electron chi connectivity index (χ0n) is 15.4.